The molecule has 0 saturated heterocycles. The fraction of sp³-hybridized carbons (Fsp3) is 0.241. The summed E-state index contributed by atoms with van der Waals surface area (Å²) in [5, 5.41) is 22.4. The van der Waals surface area contributed by atoms with Crippen molar-refractivity contribution in [2.24, 2.45) is 16.5 Å². The summed E-state index contributed by atoms with van der Waals surface area (Å²) >= 11 is 0. The lowest BCUT2D eigenvalue weighted by atomic mass is 9.89. The number of carboxylic acid groups (broad SMARTS) is 1. The number of phenolic OH excluding ortho intramolecular Hbond substituents is 1. The van der Waals surface area contributed by atoms with Crippen molar-refractivity contribution in [3.8, 4) is 5.75 Å². The van der Waals surface area contributed by atoms with Crippen LogP contribution in [0.2, 0.25) is 0 Å². The van der Waals surface area contributed by atoms with Crippen LogP contribution in [0.1, 0.15) is 35.4 Å². The van der Waals surface area contributed by atoms with Gasteiger partial charge in [-0.15, -0.1) is 0 Å². The van der Waals surface area contributed by atoms with Crippen molar-refractivity contribution < 1.29 is 24.6 Å². The number of phenols is 1. The van der Waals surface area contributed by atoms with Crippen molar-refractivity contribution in [3.05, 3.63) is 102 Å². The van der Waals surface area contributed by atoms with Crippen molar-refractivity contribution in [3.63, 3.8) is 0 Å². The average molecular weight is 532 g/mol. The van der Waals surface area contributed by atoms with Crippen molar-refractivity contribution in [2.45, 2.75) is 31.3 Å². The number of aliphatic carboxylic acids is 1. The van der Waals surface area contributed by atoms with Gasteiger partial charge in [-0.1, -0.05) is 72.8 Å². The number of guanidine groups is 1. The summed E-state index contributed by atoms with van der Waals surface area (Å²) in [4.78, 5) is 44.4. The normalized spacial score (nSPS) is 11.5. The van der Waals surface area contributed by atoms with Crippen molar-refractivity contribution >= 4 is 23.7 Å². The number of hydrogen-bond acceptors (Lipinski definition) is 6. The lowest BCUT2D eigenvalue weighted by molar-refractivity contribution is -0.154. The first-order chi connectivity index (χ1) is 18.8. The molecule has 1 atom stereocenters. The Morgan fingerprint density at radius 2 is 1.41 bits per heavy atom. The van der Waals surface area contributed by atoms with Gasteiger partial charge < -0.3 is 27.0 Å². The zero-order valence-electron chi connectivity index (χ0n) is 21.4. The predicted molar refractivity (Wildman–Crippen MR) is 148 cm³/mol. The van der Waals surface area contributed by atoms with E-state index >= 15 is 0 Å². The quantitative estimate of drug-likeness (QED) is 0.127. The van der Waals surface area contributed by atoms with E-state index in [-0.39, 0.29) is 31.2 Å². The maximum Gasteiger partial charge on any atom is 0.323 e. The average Bonchev–Trinajstić information content (AvgIpc) is 2.93. The Morgan fingerprint density at radius 1 is 0.846 bits per heavy atom. The van der Waals surface area contributed by atoms with Crippen LogP contribution in [0.25, 0.3) is 0 Å². The highest BCUT2D eigenvalue weighted by molar-refractivity contribution is 6.03. The summed E-state index contributed by atoms with van der Waals surface area (Å²) in [6.07, 6.45) is 0.658. The van der Waals surface area contributed by atoms with Gasteiger partial charge in [-0.05, 0) is 41.7 Å². The SMILES string of the molecule is NC(N)=NCCC[C@H](NCc1ccc(O)cc1)C(=O)N(CC(=O)O)C(=O)C(c1ccccc1)c1ccccc1. The predicted octanol–water partition coefficient (Wildman–Crippen LogP) is 2.18. The van der Waals surface area contributed by atoms with Crippen LogP contribution in [0.5, 0.6) is 5.75 Å². The standard InChI is InChI=1S/C29H33N5O5/c30-29(31)32-17-7-12-24(33-18-20-13-15-23(35)16-14-20)27(38)34(19-25(36)37)28(39)26(21-8-3-1-4-9-21)22-10-5-2-6-11-22/h1-6,8-11,13-16,24,26,33,35H,7,12,17-19H2,(H,36,37)(H4,30,31,32)/t24-/m0/s1. The third-order valence-electron chi connectivity index (χ3n) is 6.07. The summed E-state index contributed by atoms with van der Waals surface area (Å²) in [6.45, 7) is -0.287. The molecule has 0 aliphatic heterocycles. The third-order valence-corrected chi connectivity index (χ3v) is 6.07. The molecule has 3 aromatic carbocycles. The third kappa shape index (κ3) is 8.68. The minimum absolute atomic E-state index is 0.0776. The molecule has 0 aliphatic rings. The molecular formula is C29H33N5O5. The van der Waals surface area contributed by atoms with Crippen LogP contribution < -0.4 is 16.8 Å². The topological polar surface area (TPSA) is 171 Å². The number of aromatic hydroxyl groups is 1. The summed E-state index contributed by atoms with van der Waals surface area (Å²) in [6, 6.07) is 23.4. The van der Waals surface area contributed by atoms with Crippen LogP contribution in [0.3, 0.4) is 0 Å². The first-order valence-corrected chi connectivity index (χ1v) is 12.5. The highest BCUT2D eigenvalue weighted by Gasteiger charge is 2.35. The Labute approximate surface area is 227 Å². The van der Waals surface area contributed by atoms with Crippen LogP contribution >= 0.6 is 0 Å². The molecule has 0 fully saturated rings. The Bertz CT molecular complexity index is 1220. The van der Waals surface area contributed by atoms with Gasteiger partial charge in [-0.25, -0.2) is 0 Å². The second kappa shape index (κ2) is 14.3. The van der Waals surface area contributed by atoms with Gasteiger partial charge in [0.2, 0.25) is 11.8 Å². The van der Waals surface area contributed by atoms with Gasteiger partial charge in [0.1, 0.15) is 12.3 Å². The van der Waals surface area contributed by atoms with Crippen LogP contribution in [-0.4, -0.2) is 58.0 Å². The van der Waals surface area contributed by atoms with E-state index in [1.807, 2.05) is 12.1 Å². The van der Waals surface area contributed by atoms with Gasteiger partial charge in [-0.2, -0.15) is 0 Å². The number of nitrogens with zero attached hydrogens (tertiary/aromatic N) is 2. The van der Waals surface area contributed by atoms with Crippen molar-refractivity contribution in [1.29, 1.82) is 0 Å². The molecule has 10 heteroatoms. The van der Waals surface area contributed by atoms with Gasteiger partial charge in [0.05, 0.1) is 12.0 Å². The second-order valence-corrected chi connectivity index (χ2v) is 8.96. The fourth-order valence-electron chi connectivity index (χ4n) is 4.18. The fourth-order valence-corrected chi connectivity index (χ4v) is 4.18. The number of nitrogens with two attached hydrogens (primary N) is 2. The van der Waals surface area contributed by atoms with Gasteiger partial charge >= 0.3 is 5.97 Å². The van der Waals surface area contributed by atoms with Crippen LogP contribution in [0.4, 0.5) is 0 Å². The number of carbonyl (C=O) groups excluding carboxylic acids is 2. The molecule has 0 unspecified atom stereocenters. The number of amides is 2. The van der Waals surface area contributed by atoms with E-state index in [4.69, 9.17) is 11.5 Å². The number of carboxylic acids is 1. The summed E-state index contributed by atoms with van der Waals surface area (Å²) < 4.78 is 0. The minimum atomic E-state index is -1.31. The molecule has 3 rings (SSSR count). The largest absolute Gasteiger partial charge is 0.508 e. The molecule has 10 nitrogen and oxygen atoms in total. The van der Waals surface area contributed by atoms with Crippen molar-refractivity contribution in [1.82, 2.24) is 10.2 Å². The highest BCUT2D eigenvalue weighted by atomic mass is 16.4. The number of hydrogen-bond donors (Lipinski definition) is 5. The van der Waals surface area contributed by atoms with Crippen LogP contribution in [0.15, 0.2) is 89.9 Å². The Balaban J connectivity index is 1.93. The molecule has 0 saturated carbocycles. The van der Waals surface area contributed by atoms with E-state index in [2.05, 4.69) is 10.3 Å². The van der Waals surface area contributed by atoms with Crippen LogP contribution in [0, 0.1) is 0 Å². The number of benzene rings is 3. The molecular weight excluding hydrogens is 498 g/mol. The Hall–Kier alpha value is -4.70. The minimum Gasteiger partial charge on any atom is -0.508 e. The van der Waals surface area contributed by atoms with E-state index < -0.39 is 36.3 Å². The van der Waals surface area contributed by atoms with E-state index in [9.17, 15) is 24.6 Å². The number of aliphatic imine (C=N–C) groups is 1. The van der Waals surface area contributed by atoms with Crippen molar-refractivity contribution in [2.75, 3.05) is 13.1 Å². The number of carbonyl (C=O) groups is 3. The lowest BCUT2D eigenvalue weighted by Crippen LogP contribution is -2.52. The molecule has 0 aliphatic carbocycles. The van der Waals surface area contributed by atoms with E-state index in [1.165, 1.54) is 12.1 Å². The molecule has 3 aromatic rings. The Kier molecular flexibility index (Phi) is 10.6. The molecule has 0 spiro atoms. The molecule has 0 bridgehead atoms. The lowest BCUT2D eigenvalue weighted by Gasteiger charge is -2.29. The summed E-state index contributed by atoms with van der Waals surface area (Å²) in [7, 11) is 0. The summed E-state index contributed by atoms with van der Waals surface area (Å²) in [5.74, 6) is -3.46. The monoisotopic (exact) mass is 531 g/mol. The van der Waals surface area contributed by atoms with Gasteiger partial charge in [0.15, 0.2) is 5.96 Å². The number of imide groups is 1. The van der Waals surface area contributed by atoms with E-state index in [0.29, 0.717) is 17.5 Å². The smallest absolute Gasteiger partial charge is 0.323 e. The molecule has 0 radical (unpaired) electrons. The molecule has 2 amide bonds. The van der Waals surface area contributed by atoms with Gasteiger partial charge in [0, 0.05) is 13.1 Å². The first-order valence-electron chi connectivity index (χ1n) is 12.5. The first kappa shape index (κ1) is 28.9. The zero-order chi connectivity index (χ0) is 28.2. The van der Waals surface area contributed by atoms with E-state index in [0.717, 1.165) is 10.5 Å². The van der Waals surface area contributed by atoms with Gasteiger partial charge in [0.25, 0.3) is 0 Å². The highest BCUT2D eigenvalue weighted by Crippen LogP contribution is 2.27. The molecule has 39 heavy (non-hydrogen) atoms. The molecule has 0 heterocycles. The molecule has 0 aromatic heterocycles. The summed E-state index contributed by atoms with van der Waals surface area (Å²) in [5.41, 5.74) is 12.9. The van der Waals surface area contributed by atoms with Crippen LogP contribution in [-0.2, 0) is 20.9 Å². The molecule has 7 N–H and O–H groups in total. The maximum atomic E-state index is 14.0. The Morgan fingerprint density at radius 3 is 1.92 bits per heavy atom. The zero-order valence-corrected chi connectivity index (χ0v) is 21.4. The number of rotatable bonds is 13. The number of nitrogens with one attached hydrogen (secondary N) is 1. The van der Waals surface area contributed by atoms with E-state index in [1.54, 1.807) is 60.7 Å². The second-order valence-electron chi connectivity index (χ2n) is 8.96. The maximum absolute atomic E-state index is 14.0. The van der Waals surface area contributed by atoms with Gasteiger partial charge in [-0.3, -0.25) is 24.3 Å². The molecule has 204 valence electrons.